The molecule has 1 aliphatic carbocycles. The van der Waals surface area contributed by atoms with Crippen LogP contribution < -0.4 is 5.32 Å². The number of rotatable bonds is 7. The fourth-order valence-electron chi connectivity index (χ4n) is 2.67. The summed E-state index contributed by atoms with van der Waals surface area (Å²) in [7, 11) is 2.26. The Hall–Kier alpha value is -0.120. The zero-order chi connectivity index (χ0) is 12.1. The molecule has 100 valence electrons. The third-order valence-corrected chi connectivity index (χ3v) is 4.29. The lowest BCUT2D eigenvalue weighted by Crippen LogP contribution is -2.34. The van der Waals surface area contributed by atoms with E-state index in [-0.39, 0.29) is 0 Å². The summed E-state index contributed by atoms with van der Waals surface area (Å²) < 4.78 is 5.92. The summed E-state index contributed by atoms with van der Waals surface area (Å²) in [4.78, 5) is 2.50. The summed E-state index contributed by atoms with van der Waals surface area (Å²) in [5.74, 6) is 0.977. The number of hydrogen-bond donors (Lipinski definition) is 1. The fraction of sp³-hybridized carbons (Fsp3) is 1.00. The first kappa shape index (κ1) is 13.3. The Morgan fingerprint density at radius 3 is 2.59 bits per heavy atom. The quantitative estimate of drug-likeness (QED) is 0.688. The molecule has 3 heteroatoms. The van der Waals surface area contributed by atoms with E-state index in [1.165, 1.54) is 38.6 Å². The van der Waals surface area contributed by atoms with Gasteiger partial charge in [0.2, 0.25) is 0 Å². The molecule has 0 aromatic rings. The van der Waals surface area contributed by atoms with Gasteiger partial charge in [-0.3, -0.25) is 0 Å². The molecule has 0 radical (unpaired) electrons. The molecule has 1 aliphatic heterocycles. The van der Waals surface area contributed by atoms with E-state index in [1.54, 1.807) is 0 Å². The van der Waals surface area contributed by atoms with Gasteiger partial charge in [-0.25, -0.2) is 0 Å². The molecule has 2 fully saturated rings. The van der Waals surface area contributed by atoms with Gasteiger partial charge in [0.15, 0.2) is 0 Å². The molecule has 2 aliphatic rings. The molecule has 0 aromatic heterocycles. The van der Waals surface area contributed by atoms with Crippen LogP contribution in [-0.2, 0) is 4.74 Å². The molecule has 2 rings (SSSR count). The van der Waals surface area contributed by atoms with Crippen molar-refractivity contribution in [2.45, 2.75) is 51.2 Å². The second-order valence-electron chi connectivity index (χ2n) is 5.73. The van der Waals surface area contributed by atoms with Crippen LogP contribution in [0.4, 0.5) is 0 Å². The highest BCUT2D eigenvalue weighted by Gasteiger charge is 2.30. The van der Waals surface area contributed by atoms with E-state index in [0.717, 1.165) is 31.7 Å². The Labute approximate surface area is 106 Å². The molecular weight excluding hydrogens is 212 g/mol. The molecule has 1 unspecified atom stereocenters. The van der Waals surface area contributed by atoms with Gasteiger partial charge in [-0.05, 0) is 65.1 Å². The van der Waals surface area contributed by atoms with Crippen LogP contribution >= 0.6 is 0 Å². The van der Waals surface area contributed by atoms with Crippen molar-refractivity contribution >= 4 is 0 Å². The first-order valence-electron chi connectivity index (χ1n) is 7.30. The number of nitrogens with one attached hydrogen (secondary N) is 1. The van der Waals surface area contributed by atoms with Gasteiger partial charge in [0.25, 0.3) is 0 Å². The van der Waals surface area contributed by atoms with E-state index in [0.29, 0.717) is 6.10 Å². The van der Waals surface area contributed by atoms with E-state index >= 15 is 0 Å². The van der Waals surface area contributed by atoms with E-state index in [1.807, 2.05) is 0 Å². The molecule has 1 N–H and O–H groups in total. The van der Waals surface area contributed by atoms with Gasteiger partial charge >= 0.3 is 0 Å². The number of piperidine rings is 1. The first-order chi connectivity index (χ1) is 8.27. The maximum Gasteiger partial charge on any atom is 0.0599 e. The maximum atomic E-state index is 5.92. The molecule has 1 atom stereocenters. The SMILES string of the molecule is CC(C1CC1)N(C)CCCOC1CCNCC1. The third-order valence-electron chi connectivity index (χ3n) is 4.29. The Morgan fingerprint density at radius 1 is 1.24 bits per heavy atom. The summed E-state index contributed by atoms with van der Waals surface area (Å²) in [6.45, 7) is 6.74. The minimum absolute atomic E-state index is 0.516. The lowest BCUT2D eigenvalue weighted by molar-refractivity contribution is 0.0271. The maximum absolute atomic E-state index is 5.92. The van der Waals surface area contributed by atoms with Crippen LogP contribution in [0.5, 0.6) is 0 Å². The molecule has 0 spiro atoms. The summed E-state index contributed by atoms with van der Waals surface area (Å²) in [6, 6.07) is 0.772. The van der Waals surface area contributed by atoms with E-state index < -0.39 is 0 Å². The normalized spacial score (nSPS) is 24.2. The highest BCUT2D eigenvalue weighted by atomic mass is 16.5. The summed E-state index contributed by atoms with van der Waals surface area (Å²) in [5, 5.41) is 3.37. The van der Waals surface area contributed by atoms with Crippen LogP contribution in [0.1, 0.15) is 39.0 Å². The monoisotopic (exact) mass is 240 g/mol. The van der Waals surface area contributed by atoms with Gasteiger partial charge < -0.3 is 15.0 Å². The third kappa shape index (κ3) is 4.57. The Kier molecular flexibility index (Phi) is 5.26. The first-order valence-corrected chi connectivity index (χ1v) is 7.30. The van der Waals surface area contributed by atoms with E-state index in [2.05, 4.69) is 24.2 Å². The largest absolute Gasteiger partial charge is 0.378 e. The molecular formula is C14H28N2O. The zero-order valence-electron chi connectivity index (χ0n) is 11.5. The van der Waals surface area contributed by atoms with Crippen LogP contribution in [0.15, 0.2) is 0 Å². The lowest BCUT2D eigenvalue weighted by atomic mass is 10.1. The van der Waals surface area contributed by atoms with Crippen molar-refractivity contribution in [2.75, 3.05) is 33.3 Å². The van der Waals surface area contributed by atoms with Crippen molar-refractivity contribution in [3.05, 3.63) is 0 Å². The van der Waals surface area contributed by atoms with Crippen LogP contribution in [0, 0.1) is 5.92 Å². The van der Waals surface area contributed by atoms with Gasteiger partial charge in [-0.15, -0.1) is 0 Å². The second kappa shape index (κ2) is 6.72. The molecule has 0 bridgehead atoms. The second-order valence-corrected chi connectivity index (χ2v) is 5.73. The lowest BCUT2D eigenvalue weighted by Gasteiger charge is -2.26. The minimum atomic E-state index is 0.516. The van der Waals surface area contributed by atoms with Crippen LogP contribution in [0.2, 0.25) is 0 Å². The van der Waals surface area contributed by atoms with E-state index in [9.17, 15) is 0 Å². The van der Waals surface area contributed by atoms with Crippen molar-refractivity contribution in [3.8, 4) is 0 Å². The highest BCUT2D eigenvalue weighted by Crippen LogP contribution is 2.34. The van der Waals surface area contributed by atoms with Crippen LogP contribution in [0.3, 0.4) is 0 Å². The summed E-state index contributed by atoms with van der Waals surface area (Å²) in [5.41, 5.74) is 0. The van der Waals surface area contributed by atoms with Crippen molar-refractivity contribution in [3.63, 3.8) is 0 Å². The Bertz CT molecular complexity index is 212. The molecule has 0 aromatic carbocycles. The van der Waals surface area contributed by atoms with Gasteiger partial charge in [-0.2, -0.15) is 0 Å². The van der Waals surface area contributed by atoms with Crippen molar-refractivity contribution in [1.29, 1.82) is 0 Å². The predicted molar refractivity (Wildman–Crippen MR) is 71.3 cm³/mol. The number of nitrogens with zero attached hydrogens (tertiary/aromatic N) is 1. The van der Waals surface area contributed by atoms with Crippen molar-refractivity contribution < 1.29 is 4.74 Å². The van der Waals surface area contributed by atoms with Gasteiger partial charge in [0.05, 0.1) is 6.10 Å². The molecule has 0 amide bonds. The summed E-state index contributed by atoms with van der Waals surface area (Å²) >= 11 is 0. The molecule has 1 saturated carbocycles. The van der Waals surface area contributed by atoms with Crippen LogP contribution in [-0.4, -0.2) is 50.3 Å². The molecule has 1 saturated heterocycles. The van der Waals surface area contributed by atoms with Gasteiger partial charge in [0, 0.05) is 19.2 Å². The Morgan fingerprint density at radius 2 is 1.94 bits per heavy atom. The summed E-state index contributed by atoms with van der Waals surface area (Å²) in [6.07, 6.45) is 6.95. The average Bonchev–Trinajstić information content (AvgIpc) is 3.19. The van der Waals surface area contributed by atoms with Crippen LogP contribution in [0.25, 0.3) is 0 Å². The molecule has 1 heterocycles. The Balaban J connectivity index is 1.50. The fourth-order valence-corrected chi connectivity index (χ4v) is 2.67. The van der Waals surface area contributed by atoms with Gasteiger partial charge in [-0.1, -0.05) is 0 Å². The number of hydrogen-bond acceptors (Lipinski definition) is 3. The van der Waals surface area contributed by atoms with Crippen molar-refractivity contribution in [1.82, 2.24) is 10.2 Å². The predicted octanol–water partition coefficient (Wildman–Crippen LogP) is 1.88. The topological polar surface area (TPSA) is 24.5 Å². The average molecular weight is 240 g/mol. The molecule has 3 nitrogen and oxygen atoms in total. The minimum Gasteiger partial charge on any atom is -0.378 e. The standard InChI is InChI=1S/C14H28N2O/c1-12(13-4-5-13)16(2)10-3-11-17-14-6-8-15-9-7-14/h12-15H,3-11H2,1-2H3. The van der Waals surface area contributed by atoms with E-state index in [4.69, 9.17) is 4.74 Å². The zero-order valence-corrected chi connectivity index (χ0v) is 11.5. The van der Waals surface area contributed by atoms with Crippen molar-refractivity contribution in [2.24, 2.45) is 5.92 Å². The smallest absolute Gasteiger partial charge is 0.0599 e. The molecule has 17 heavy (non-hydrogen) atoms. The van der Waals surface area contributed by atoms with Gasteiger partial charge in [0.1, 0.15) is 0 Å². The highest BCUT2D eigenvalue weighted by molar-refractivity contribution is 4.83. The number of ether oxygens (including phenoxy) is 1.